The average molecular weight is 457 g/mol. The molecular weight excluding hydrogens is 420 g/mol. The Hall–Kier alpha value is -2.28. The molecule has 1 saturated heterocycles. The molecule has 2 atom stereocenters. The molecule has 2 saturated carbocycles. The van der Waals surface area contributed by atoms with Crippen LogP contribution in [0.2, 0.25) is 0 Å². The van der Waals surface area contributed by atoms with E-state index in [0.717, 1.165) is 69.5 Å². The Morgan fingerprint density at radius 2 is 1.79 bits per heavy atom. The van der Waals surface area contributed by atoms with Crippen LogP contribution >= 0.6 is 0 Å². The highest BCUT2D eigenvalue weighted by atomic mass is 16.5. The van der Waals surface area contributed by atoms with Crippen LogP contribution in [-0.4, -0.2) is 56.0 Å². The summed E-state index contributed by atoms with van der Waals surface area (Å²) in [6, 6.07) is 5.83. The van der Waals surface area contributed by atoms with Crippen molar-refractivity contribution < 1.29 is 23.5 Å². The van der Waals surface area contributed by atoms with Gasteiger partial charge in [0.2, 0.25) is 0 Å². The lowest BCUT2D eigenvalue weighted by atomic mass is 9.86. The molecule has 2 aliphatic carbocycles. The van der Waals surface area contributed by atoms with Crippen molar-refractivity contribution in [2.45, 2.75) is 51.4 Å². The lowest BCUT2D eigenvalue weighted by molar-refractivity contribution is -0.146. The van der Waals surface area contributed by atoms with Crippen LogP contribution in [0.15, 0.2) is 22.7 Å². The van der Waals surface area contributed by atoms with Crippen LogP contribution in [0.25, 0.3) is 11.0 Å². The average Bonchev–Trinajstić information content (AvgIpc) is 3.44. The summed E-state index contributed by atoms with van der Waals surface area (Å²) in [6.45, 7) is 4.49. The van der Waals surface area contributed by atoms with Gasteiger partial charge in [0.25, 0.3) is 5.88 Å². The standard InChI is InChI=1S/C26H36N2O5/c1-30-26(29)21-8-3-7-20(21)15-28-13-11-19(12-14-28)17-32-25-24-22(31-16-18-5-2-6-18)9-4-10-23(24)33-27-25/h4,9-10,18-21H,2-3,5-8,11-17H2,1H3. The highest BCUT2D eigenvalue weighted by molar-refractivity contribution is 5.88. The largest absolute Gasteiger partial charge is 0.492 e. The van der Waals surface area contributed by atoms with E-state index >= 15 is 0 Å². The van der Waals surface area contributed by atoms with E-state index in [1.807, 2.05) is 18.2 Å². The second kappa shape index (κ2) is 10.3. The Morgan fingerprint density at radius 1 is 1.03 bits per heavy atom. The number of nitrogens with zero attached hydrogens (tertiary/aromatic N) is 2. The van der Waals surface area contributed by atoms with E-state index in [1.54, 1.807) is 0 Å². The van der Waals surface area contributed by atoms with Crippen LogP contribution in [0.1, 0.15) is 51.4 Å². The third-order valence-electron chi connectivity index (χ3n) is 7.95. The first-order valence-electron chi connectivity index (χ1n) is 12.7. The number of aromatic nitrogens is 1. The summed E-state index contributed by atoms with van der Waals surface area (Å²) >= 11 is 0. The Morgan fingerprint density at radius 3 is 2.55 bits per heavy atom. The van der Waals surface area contributed by atoms with E-state index in [-0.39, 0.29) is 11.9 Å². The Labute approximate surface area is 195 Å². The molecule has 2 aromatic rings. The van der Waals surface area contributed by atoms with Gasteiger partial charge in [-0.25, -0.2) is 0 Å². The number of benzene rings is 1. The number of esters is 1. The predicted octanol–water partition coefficient (Wildman–Crippen LogP) is 4.69. The van der Waals surface area contributed by atoms with Crippen LogP contribution < -0.4 is 9.47 Å². The number of hydrogen-bond acceptors (Lipinski definition) is 7. The number of ether oxygens (including phenoxy) is 3. The number of hydrogen-bond donors (Lipinski definition) is 0. The van der Waals surface area contributed by atoms with Gasteiger partial charge < -0.3 is 23.6 Å². The first kappa shape index (κ1) is 22.5. The third-order valence-corrected chi connectivity index (χ3v) is 7.95. The molecule has 7 heteroatoms. The number of likely N-dealkylation sites (tertiary alicyclic amines) is 1. The van der Waals surface area contributed by atoms with Crippen LogP contribution in [0.4, 0.5) is 0 Å². The zero-order valence-corrected chi connectivity index (χ0v) is 19.7. The van der Waals surface area contributed by atoms with Crippen LogP contribution in [0.3, 0.4) is 0 Å². The summed E-state index contributed by atoms with van der Waals surface area (Å²) in [5.74, 6) is 3.00. The van der Waals surface area contributed by atoms with Crippen molar-refractivity contribution in [1.82, 2.24) is 10.1 Å². The van der Waals surface area contributed by atoms with Crippen molar-refractivity contribution in [3.05, 3.63) is 18.2 Å². The minimum absolute atomic E-state index is 0.0309. The van der Waals surface area contributed by atoms with Gasteiger partial charge in [-0.05, 0) is 86.7 Å². The van der Waals surface area contributed by atoms with Crippen molar-refractivity contribution in [1.29, 1.82) is 0 Å². The monoisotopic (exact) mass is 456 g/mol. The topological polar surface area (TPSA) is 74.0 Å². The maximum Gasteiger partial charge on any atom is 0.308 e. The zero-order valence-electron chi connectivity index (χ0n) is 19.7. The van der Waals surface area contributed by atoms with Gasteiger partial charge in [-0.1, -0.05) is 18.9 Å². The number of piperidine rings is 1. The molecule has 2 unspecified atom stereocenters. The number of methoxy groups -OCH3 is 1. The molecule has 0 amide bonds. The fourth-order valence-electron chi connectivity index (χ4n) is 5.60. The highest BCUT2D eigenvalue weighted by Crippen LogP contribution is 2.36. The molecule has 7 nitrogen and oxygen atoms in total. The quantitative estimate of drug-likeness (QED) is 0.507. The number of rotatable bonds is 9. The van der Waals surface area contributed by atoms with Gasteiger partial charge in [0, 0.05) is 6.54 Å². The van der Waals surface area contributed by atoms with E-state index in [4.69, 9.17) is 18.7 Å². The number of fused-ring (bicyclic) bond motifs is 1. The first-order valence-corrected chi connectivity index (χ1v) is 12.7. The number of carbonyl (C=O) groups is 1. The molecule has 5 rings (SSSR count). The van der Waals surface area contributed by atoms with E-state index in [0.29, 0.717) is 35.8 Å². The molecule has 0 spiro atoms. The van der Waals surface area contributed by atoms with Gasteiger partial charge in [-0.3, -0.25) is 4.79 Å². The van der Waals surface area contributed by atoms with E-state index in [9.17, 15) is 4.79 Å². The zero-order chi connectivity index (χ0) is 22.6. The summed E-state index contributed by atoms with van der Waals surface area (Å²) < 4.78 is 22.8. The summed E-state index contributed by atoms with van der Waals surface area (Å²) in [4.78, 5) is 14.6. The fraction of sp³-hybridized carbons (Fsp3) is 0.692. The summed E-state index contributed by atoms with van der Waals surface area (Å²) in [5.41, 5.74) is 0.711. The van der Waals surface area contributed by atoms with Gasteiger partial charge >= 0.3 is 5.97 Å². The maximum absolute atomic E-state index is 12.0. The third kappa shape index (κ3) is 5.13. The Bertz CT molecular complexity index is 932. The number of carbonyl (C=O) groups excluding carboxylic acids is 1. The van der Waals surface area contributed by atoms with Crippen LogP contribution in [0.5, 0.6) is 11.6 Å². The molecule has 2 heterocycles. The minimum Gasteiger partial charge on any atom is -0.492 e. The molecule has 0 radical (unpaired) electrons. The van der Waals surface area contributed by atoms with E-state index in [1.165, 1.54) is 26.4 Å². The lowest BCUT2D eigenvalue weighted by Crippen LogP contribution is -2.40. The van der Waals surface area contributed by atoms with E-state index < -0.39 is 0 Å². The van der Waals surface area contributed by atoms with Crippen molar-refractivity contribution in [3.8, 4) is 11.6 Å². The highest BCUT2D eigenvalue weighted by Gasteiger charge is 2.35. The molecule has 1 aliphatic heterocycles. The second-order valence-electron chi connectivity index (χ2n) is 10.1. The summed E-state index contributed by atoms with van der Waals surface area (Å²) in [5, 5.41) is 5.04. The van der Waals surface area contributed by atoms with Crippen molar-refractivity contribution in [3.63, 3.8) is 0 Å². The lowest BCUT2D eigenvalue weighted by Gasteiger charge is -2.34. The molecule has 1 aromatic carbocycles. The molecule has 0 bridgehead atoms. The molecule has 3 fully saturated rings. The first-order chi connectivity index (χ1) is 16.2. The summed E-state index contributed by atoms with van der Waals surface area (Å²) in [7, 11) is 1.50. The van der Waals surface area contributed by atoms with Gasteiger partial charge in [0.1, 0.15) is 11.1 Å². The van der Waals surface area contributed by atoms with Gasteiger partial charge in [-0.15, -0.1) is 0 Å². The van der Waals surface area contributed by atoms with Gasteiger partial charge in [0.05, 0.1) is 26.2 Å². The van der Waals surface area contributed by atoms with Crippen LogP contribution in [0, 0.1) is 23.7 Å². The van der Waals surface area contributed by atoms with E-state index in [2.05, 4.69) is 10.1 Å². The fourth-order valence-corrected chi connectivity index (χ4v) is 5.60. The predicted molar refractivity (Wildman–Crippen MR) is 124 cm³/mol. The molecule has 0 N–H and O–H groups in total. The SMILES string of the molecule is COC(=O)C1CCCC1CN1CCC(COc2noc3cccc(OCC4CCC4)c23)CC1. The van der Waals surface area contributed by atoms with Crippen LogP contribution in [-0.2, 0) is 9.53 Å². The molecule has 1 aromatic heterocycles. The Kier molecular flexibility index (Phi) is 7.04. The maximum atomic E-state index is 12.0. The molecule has 3 aliphatic rings. The summed E-state index contributed by atoms with van der Waals surface area (Å²) in [6.07, 6.45) is 9.25. The molecule has 180 valence electrons. The molecular formula is C26H36N2O5. The van der Waals surface area contributed by atoms with Crippen molar-refractivity contribution >= 4 is 16.9 Å². The van der Waals surface area contributed by atoms with Gasteiger partial charge in [-0.2, -0.15) is 0 Å². The van der Waals surface area contributed by atoms with Gasteiger partial charge in [0.15, 0.2) is 5.58 Å². The van der Waals surface area contributed by atoms with Crippen molar-refractivity contribution in [2.24, 2.45) is 23.7 Å². The van der Waals surface area contributed by atoms with Crippen molar-refractivity contribution in [2.75, 3.05) is 40.0 Å². The normalized spacial score (nSPS) is 24.6. The minimum atomic E-state index is -0.0309. The second-order valence-corrected chi connectivity index (χ2v) is 10.1. The Balaban J connectivity index is 1.12. The molecule has 33 heavy (non-hydrogen) atoms. The smallest absolute Gasteiger partial charge is 0.308 e.